The van der Waals surface area contributed by atoms with E-state index < -0.39 is 0 Å². The minimum absolute atomic E-state index is 0.106. The first kappa shape index (κ1) is 16.2. The maximum Gasteiger partial charge on any atom is 0.138 e. The molecule has 2 aromatic rings. The highest BCUT2D eigenvalue weighted by molar-refractivity contribution is 7.12. The number of aryl methyl sites for hydroxylation is 3. The second-order valence-electron chi connectivity index (χ2n) is 6.62. The lowest BCUT2D eigenvalue weighted by molar-refractivity contribution is 0.391. The highest BCUT2D eigenvalue weighted by Crippen LogP contribution is 2.32. The van der Waals surface area contributed by atoms with Crippen molar-refractivity contribution in [3.63, 3.8) is 0 Å². The first-order valence-corrected chi connectivity index (χ1v) is 8.14. The van der Waals surface area contributed by atoms with Crippen LogP contribution in [-0.4, -0.2) is 10.1 Å². The van der Waals surface area contributed by atoms with Crippen LogP contribution >= 0.6 is 11.3 Å². The highest BCUT2D eigenvalue weighted by atomic mass is 32.1. The minimum atomic E-state index is 0.106. The molecule has 2 aromatic heterocycles. The van der Waals surface area contributed by atoms with Gasteiger partial charge in [-0.3, -0.25) is 0 Å². The van der Waals surface area contributed by atoms with Crippen molar-refractivity contribution in [1.29, 1.82) is 0 Å². The summed E-state index contributed by atoms with van der Waals surface area (Å²) in [6.07, 6.45) is 0. The van der Waals surface area contributed by atoms with E-state index in [1.807, 2.05) is 25.2 Å². The van der Waals surface area contributed by atoms with Crippen LogP contribution in [0, 0.1) is 20.8 Å². The van der Waals surface area contributed by atoms with Gasteiger partial charge in [-0.25, -0.2) is 4.98 Å². The van der Waals surface area contributed by atoms with E-state index in [1.165, 1.54) is 9.88 Å². The second kappa shape index (κ2) is 5.89. The largest absolute Gasteiger partial charge is 0.361 e. The lowest BCUT2D eigenvalue weighted by Crippen LogP contribution is -2.18. The van der Waals surface area contributed by atoms with E-state index in [9.17, 15) is 0 Å². The number of aromatic nitrogens is 2. The Kier molecular flexibility index (Phi) is 4.54. The van der Waals surface area contributed by atoms with Crippen LogP contribution in [0.4, 0.5) is 0 Å². The second-order valence-corrected chi connectivity index (χ2v) is 7.65. The third-order valence-corrected chi connectivity index (χ3v) is 5.40. The molecule has 4 nitrogen and oxygen atoms in total. The molecule has 0 saturated carbocycles. The maximum atomic E-state index is 5.21. The Morgan fingerprint density at radius 3 is 2.33 bits per heavy atom. The zero-order chi connectivity index (χ0) is 15.8. The molecule has 1 N–H and O–H groups in total. The lowest BCUT2D eigenvalue weighted by atomic mass is 9.98. The number of nitrogens with one attached hydrogen (secondary N) is 1. The van der Waals surface area contributed by atoms with E-state index in [0.29, 0.717) is 0 Å². The number of thiazole rings is 1. The minimum Gasteiger partial charge on any atom is -0.361 e. The van der Waals surface area contributed by atoms with Gasteiger partial charge in [-0.2, -0.15) is 0 Å². The van der Waals surface area contributed by atoms with Crippen LogP contribution in [0.3, 0.4) is 0 Å². The fraction of sp³-hybridized carbons (Fsp3) is 0.625. The Labute approximate surface area is 131 Å². The van der Waals surface area contributed by atoms with E-state index >= 15 is 0 Å². The van der Waals surface area contributed by atoms with Gasteiger partial charge in [0, 0.05) is 28.4 Å². The van der Waals surface area contributed by atoms with Crippen molar-refractivity contribution >= 4 is 11.3 Å². The molecule has 0 aliphatic rings. The average Bonchev–Trinajstić information content (AvgIpc) is 2.91. The SMILES string of the molecule is Cc1nc(C(C)(C)C)sc1C(C)NCc1c(C)noc1C. The average molecular weight is 307 g/mol. The number of rotatable bonds is 4. The molecule has 2 rings (SSSR count). The Morgan fingerprint density at radius 2 is 1.86 bits per heavy atom. The van der Waals surface area contributed by atoms with Gasteiger partial charge in [0.05, 0.1) is 16.4 Å². The summed E-state index contributed by atoms with van der Waals surface area (Å²) in [6, 6.07) is 0.271. The van der Waals surface area contributed by atoms with Crippen LogP contribution in [-0.2, 0) is 12.0 Å². The Hall–Kier alpha value is -1.20. The summed E-state index contributed by atoms with van der Waals surface area (Å²) < 4.78 is 5.21. The van der Waals surface area contributed by atoms with Gasteiger partial charge in [-0.1, -0.05) is 25.9 Å². The fourth-order valence-corrected chi connectivity index (χ4v) is 3.38. The first-order chi connectivity index (χ1) is 9.70. The van der Waals surface area contributed by atoms with Gasteiger partial charge in [-0.15, -0.1) is 11.3 Å². The van der Waals surface area contributed by atoms with E-state index in [-0.39, 0.29) is 11.5 Å². The van der Waals surface area contributed by atoms with Gasteiger partial charge >= 0.3 is 0 Å². The highest BCUT2D eigenvalue weighted by Gasteiger charge is 2.22. The summed E-state index contributed by atoms with van der Waals surface area (Å²) in [4.78, 5) is 6.04. The fourth-order valence-electron chi connectivity index (χ4n) is 2.23. The van der Waals surface area contributed by atoms with Crippen LogP contribution in [0.2, 0.25) is 0 Å². The van der Waals surface area contributed by atoms with Crippen LogP contribution in [0.1, 0.15) is 66.3 Å². The van der Waals surface area contributed by atoms with E-state index in [4.69, 9.17) is 9.51 Å². The normalized spacial score (nSPS) is 13.7. The Balaban J connectivity index is 2.11. The molecule has 1 atom stereocenters. The molecule has 0 amide bonds. The van der Waals surface area contributed by atoms with Crippen LogP contribution in [0.15, 0.2) is 4.52 Å². The monoisotopic (exact) mass is 307 g/mol. The Morgan fingerprint density at radius 1 is 1.19 bits per heavy atom. The summed E-state index contributed by atoms with van der Waals surface area (Å²) in [5.74, 6) is 0.892. The molecule has 1 unspecified atom stereocenters. The molecule has 0 aliphatic carbocycles. The van der Waals surface area contributed by atoms with Gasteiger partial charge < -0.3 is 9.84 Å². The number of hydrogen-bond donors (Lipinski definition) is 1. The van der Waals surface area contributed by atoms with Crippen LogP contribution in [0.25, 0.3) is 0 Å². The predicted molar refractivity (Wildman–Crippen MR) is 86.8 cm³/mol. The van der Waals surface area contributed by atoms with Crippen molar-refractivity contribution in [2.45, 2.75) is 66.5 Å². The third-order valence-electron chi connectivity index (χ3n) is 3.63. The molecule has 0 aliphatic heterocycles. The molecule has 0 radical (unpaired) electrons. The number of hydrogen-bond acceptors (Lipinski definition) is 5. The summed E-state index contributed by atoms with van der Waals surface area (Å²) in [6.45, 7) is 15.6. The van der Waals surface area contributed by atoms with Crippen molar-refractivity contribution in [2.75, 3.05) is 0 Å². The van der Waals surface area contributed by atoms with Gasteiger partial charge in [0.1, 0.15) is 5.76 Å². The van der Waals surface area contributed by atoms with Crippen molar-refractivity contribution in [1.82, 2.24) is 15.5 Å². The van der Waals surface area contributed by atoms with E-state index in [2.05, 4.69) is 45.1 Å². The molecule has 0 fully saturated rings. The van der Waals surface area contributed by atoms with Gasteiger partial charge in [0.15, 0.2) is 0 Å². The standard InChI is InChI=1S/C16H25N3OS/c1-9-13(12(4)20-19-9)8-17-10(2)14-11(3)18-15(21-14)16(5,6)7/h10,17H,8H2,1-7H3. The van der Waals surface area contributed by atoms with Crippen LogP contribution in [0.5, 0.6) is 0 Å². The smallest absolute Gasteiger partial charge is 0.138 e. The van der Waals surface area contributed by atoms with Crippen molar-refractivity contribution in [3.8, 4) is 0 Å². The molecule has 21 heavy (non-hydrogen) atoms. The van der Waals surface area contributed by atoms with Crippen molar-refractivity contribution in [2.24, 2.45) is 0 Å². The zero-order valence-electron chi connectivity index (χ0n) is 14.0. The summed E-state index contributed by atoms with van der Waals surface area (Å²) in [5, 5.41) is 8.75. The number of nitrogens with zero attached hydrogens (tertiary/aromatic N) is 2. The van der Waals surface area contributed by atoms with E-state index in [0.717, 1.165) is 29.3 Å². The molecule has 0 saturated heterocycles. The molecule has 2 heterocycles. The van der Waals surface area contributed by atoms with Crippen molar-refractivity contribution in [3.05, 3.63) is 32.6 Å². The Bertz CT molecular complexity index is 602. The summed E-state index contributed by atoms with van der Waals surface area (Å²) in [7, 11) is 0. The summed E-state index contributed by atoms with van der Waals surface area (Å²) >= 11 is 1.81. The first-order valence-electron chi connectivity index (χ1n) is 7.33. The molecule has 116 valence electrons. The molecule has 0 aromatic carbocycles. The third kappa shape index (κ3) is 3.52. The van der Waals surface area contributed by atoms with Gasteiger partial charge in [-0.05, 0) is 27.7 Å². The zero-order valence-corrected chi connectivity index (χ0v) is 14.8. The van der Waals surface area contributed by atoms with Crippen LogP contribution < -0.4 is 5.32 Å². The molecule has 0 bridgehead atoms. The van der Waals surface area contributed by atoms with Gasteiger partial charge in [0.2, 0.25) is 0 Å². The maximum absolute atomic E-state index is 5.21. The topological polar surface area (TPSA) is 51.0 Å². The predicted octanol–water partition coefficient (Wildman–Crippen LogP) is 4.20. The van der Waals surface area contributed by atoms with Gasteiger partial charge in [0.25, 0.3) is 0 Å². The molecule has 0 spiro atoms. The molecular weight excluding hydrogens is 282 g/mol. The summed E-state index contributed by atoms with van der Waals surface area (Å²) in [5.41, 5.74) is 3.35. The van der Waals surface area contributed by atoms with Crippen molar-refractivity contribution < 1.29 is 4.52 Å². The lowest BCUT2D eigenvalue weighted by Gasteiger charge is -2.14. The molecule has 5 heteroatoms. The van der Waals surface area contributed by atoms with E-state index in [1.54, 1.807) is 0 Å². The molecular formula is C16H25N3OS. The quantitative estimate of drug-likeness (QED) is 0.919.